The van der Waals surface area contributed by atoms with Gasteiger partial charge in [-0.15, -0.1) is 12.4 Å². The van der Waals surface area contributed by atoms with Gasteiger partial charge in [0.2, 0.25) is 5.88 Å². The highest BCUT2D eigenvalue weighted by Gasteiger charge is 2.09. The van der Waals surface area contributed by atoms with Crippen LogP contribution in [0.25, 0.3) is 0 Å². The Kier molecular flexibility index (Phi) is 4.95. The maximum absolute atomic E-state index is 11.0. The summed E-state index contributed by atoms with van der Waals surface area (Å²) in [6.45, 7) is 0. The summed E-state index contributed by atoms with van der Waals surface area (Å²) in [5.74, 6) is 0.932. The molecule has 0 amide bonds. The van der Waals surface area contributed by atoms with Crippen LogP contribution in [0, 0.1) is 0 Å². The third kappa shape index (κ3) is 3.87. The summed E-state index contributed by atoms with van der Waals surface area (Å²) >= 11 is 0. The molecule has 0 aliphatic carbocycles. The van der Waals surface area contributed by atoms with Crippen molar-refractivity contribution in [1.82, 2.24) is 4.98 Å². The van der Waals surface area contributed by atoms with E-state index >= 15 is 0 Å². The Morgan fingerprint density at radius 1 is 1.06 bits per heavy atom. The predicted octanol–water partition coefficient (Wildman–Crippen LogP) is 3.22. The van der Waals surface area contributed by atoms with E-state index in [9.17, 15) is 8.42 Å². The van der Waals surface area contributed by atoms with Crippen molar-refractivity contribution in [2.75, 3.05) is 0 Å². The second-order valence-electron chi connectivity index (χ2n) is 3.18. The zero-order chi connectivity index (χ0) is 12.3. The SMILES string of the molecule is Cl.O=S(=O)(Cl)c1ccc(Oc2ccccn2)cc1. The molecule has 0 spiro atoms. The van der Waals surface area contributed by atoms with Crippen molar-refractivity contribution in [2.45, 2.75) is 4.90 Å². The van der Waals surface area contributed by atoms with Crippen LogP contribution in [0.15, 0.2) is 53.6 Å². The summed E-state index contributed by atoms with van der Waals surface area (Å²) in [7, 11) is 1.50. The minimum atomic E-state index is -3.69. The first-order valence-electron chi connectivity index (χ1n) is 4.69. The van der Waals surface area contributed by atoms with Crippen LogP contribution < -0.4 is 4.74 Å². The fraction of sp³-hybridized carbons (Fsp3) is 0. The first-order valence-corrected chi connectivity index (χ1v) is 7.00. The smallest absolute Gasteiger partial charge is 0.261 e. The van der Waals surface area contributed by atoms with Crippen LogP contribution >= 0.6 is 23.1 Å². The van der Waals surface area contributed by atoms with E-state index in [1.807, 2.05) is 0 Å². The number of nitrogens with zero attached hydrogens (tertiary/aromatic N) is 1. The van der Waals surface area contributed by atoms with Gasteiger partial charge in [-0.3, -0.25) is 0 Å². The van der Waals surface area contributed by atoms with Crippen LogP contribution in [-0.4, -0.2) is 13.4 Å². The van der Waals surface area contributed by atoms with E-state index in [0.29, 0.717) is 11.6 Å². The van der Waals surface area contributed by atoms with Gasteiger partial charge in [0, 0.05) is 22.9 Å². The lowest BCUT2D eigenvalue weighted by Crippen LogP contribution is -1.91. The minimum Gasteiger partial charge on any atom is -0.439 e. The van der Waals surface area contributed by atoms with Crippen molar-refractivity contribution in [3.63, 3.8) is 0 Å². The van der Waals surface area contributed by atoms with Crippen molar-refractivity contribution in [3.8, 4) is 11.6 Å². The Hall–Kier alpha value is -1.30. The summed E-state index contributed by atoms with van der Waals surface area (Å²) in [4.78, 5) is 4.01. The fourth-order valence-electron chi connectivity index (χ4n) is 1.20. The van der Waals surface area contributed by atoms with Crippen molar-refractivity contribution in [2.24, 2.45) is 0 Å². The second-order valence-corrected chi connectivity index (χ2v) is 5.75. The van der Waals surface area contributed by atoms with Gasteiger partial charge in [0.1, 0.15) is 5.75 Å². The largest absolute Gasteiger partial charge is 0.439 e. The normalized spacial score (nSPS) is 10.5. The first-order chi connectivity index (χ1) is 8.05. The van der Waals surface area contributed by atoms with E-state index in [2.05, 4.69) is 4.98 Å². The lowest BCUT2D eigenvalue weighted by Gasteiger charge is -2.04. The van der Waals surface area contributed by atoms with E-state index < -0.39 is 9.05 Å². The lowest BCUT2D eigenvalue weighted by atomic mass is 10.3. The van der Waals surface area contributed by atoms with Gasteiger partial charge in [-0.1, -0.05) is 6.07 Å². The highest BCUT2D eigenvalue weighted by atomic mass is 35.7. The van der Waals surface area contributed by atoms with Crippen LogP contribution in [0.1, 0.15) is 0 Å². The maximum atomic E-state index is 11.0. The quantitative estimate of drug-likeness (QED) is 0.817. The molecule has 0 radical (unpaired) electrons. The Morgan fingerprint density at radius 2 is 1.72 bits per heavy atom. The zero-order valence-corrected chi connectivity index (χ0v) is 11.4. The number of halogens is 2. The van der Waals surface area contributed by atoms with Crippen molar-refractivity contribution in [1.29, 1.82) is 0 Å². The second kappa shape index (κ2) is 6.04. The number of hydrogen-bond donors (Lipinski definition) is 0. The first kappa shape index (κ1) is 14.8. The number of ether oxygens (including phenoxy) is 1. The average Bonchev–Trinajstić information content (AvgIpc) is 2.30. The van der Waals surface area contributed by atoms with Gasteiger partial charge in [0.05, 0.1) is 4.90 Å². The Balaban J connectivity index is 0.00000162. The van der Waals surface area contributed by atoms with E-state index in [1.54, 1.807) is 24.4 Å². The van der Waals surface area contributed by atoms with Gasteiger partial charge in [-0.25, -0.2) is 13.4 Å². The topological polar surface area (TPSA) is 56.3 Å². The van der Waals surface area contributed by atoms with Crippen molar-refractivity contribution < 1.29 is 13.2 Å². The summed E-state index contributed by atoms with van der Waals surface area (Å²) in [5.41, 5.74) is 0. The van der Waals surface area contributed by atoms with Gasteiger partial charge >= 0.3 is 0 Å². The molecule has 96 valence electrons. The molecule has 0 saturated heterocycles. The van der Waals surface area contributed by atoms with Crippen LogP contribution in [0.4, 0.5) is 0 Å². The molecule has 0 saturated carbocycles. The Morgan fingerprint density at radius 3 is 2.22 bits per heavy atom. The van der Waals surface area contributed by atoms with E-state index in [-0.39, 0.29) is 17.3 Å². The summed E-state index contributed by atoms with van der Waals surface area (Å²) in [5, 5.41) is 0. The molecule has 7 heteroatoms. The third-order valence-corrected chi connectivity index (χ3v) is 3.34. The van der Waals surface area contributed by atoms with Crippen LogP contribution in [0.5, 0.6) is 11.6 Å². The monoisotopic (exact) mass is 305 g/mol. The molecule has 1 aromatic carbocycles. The summed E-state index contributed by atoms with van der Waals surface area (Å²) < 4.78 is 27.4. The molecule has 1 heterocycles. The molecular weight excluding hydrogens is 297 g/mol. The van der Waals surface area contributed by atoms with E-state index in [1.165, 1.54) is 24.3 Å². The number of rotatable bonds is 3. The molecule has 0 aliphatic heterocycles. The van der Waals surface area contributed by atoms with Crippen LogP contribution in [0.3, 0.4) is 0 Å². The number of aromatic nitrogens is 1. The molecular formula is C11H9Cl2NO3S. The van der Waals surface area contributed by atoms with E-state index in [0.717, 1.165) is 0 Å². The molecule has 4 nitrogen and oxygen atoms in total. The number of benzene rings is 1. The number of hydrogen-bond acceptors (Lipinski definition) is 4. The van der Waals surface area contributed by atoms with Gasteiger partial charge in [-0.2, -0.15) is 0 Å². The zero-order valence-electron chi connectivity index (χ0n) is 8.99. The molecule has 0 unspecified atom stereocenters. The molecule has 18 heavy (non-hydrogen) atoms. The predicted molar refractivity (Wildman–Crippen MR) is 71.0 cm³/mol. The van der Waals surface area contributed by atoms with Crippen molar-refractivity contribution in [3.05, 3.63) is 48.7 Å². The molecule has 0 N–H and O–H groups in total. The molecule has 0 bridgehead atoms. The molecule has 2 aromatic rings. The lowest BCUT2D eigenvalue weighted by molar-refractivity contribution is 0.462. The summed E-state index contributed by atoms with van der Waals surface area (Å²) in [6, 6.07) is 11.1. The fourth-order valence-corrected chi connectivity index (χ4v) is 1.97. The molecule has 0 aliphatic rings. The number of pyridine rings is 1. The average molecular weight is 306 g/mol. The third-order valence-electron chi connectivity index (χ3n) is 1.97. The van der Waals surface area contributed by atoms with Crippen LogP contribution in [-0.2, 0) is 9.05 Å². The van der Waals surface area contributed by atoms with Gasteiger partial charge < -0.3 is 4.74 Å². The van der Waals surface area contributed by atoms with Crippen molar-refractivity contribution >= 4 is 32.1 Å². The van der Waals surface area contributed by atoms with Gasteiger partial charge in [-0.05, 0) is 30.3 Å². The highest BCUT2D eigenvalue weighted by Crippen LogP contribution is 2.22. The molecule has 1 aromatic heterocycles. The van der Waals surface area contributed by atoms with E-state index in [4.69, 9.17) is 15.4 Å². The molecule has 2 rings (SSSR count). The molecule has 0 atom stereocenters. The van der Waals surface area contributed by atoms with Gasteiger partial charge in [0.25, 0.3) is 9.05 Å². The van der Waals surface area contributed by atoms with Crippen LogP contribution in [0.2, 0.25) is 0 Å². The minimum absolute atomic E-state index is 0. The summed E-state index contributed by atoms with van der Waals surface area (Å²) in [6.07, 6.45) is 1.60. The Labute approximate surface area is 115 Å². The standard InChI is InChI=1S/C11H8ClNO3S.ClH/c12-17(14,15)10-6-4-9(5-7-10)16-11-3-1-2-8-13-11;/h1-8H;1H. The molecule has 0 fully saturated rings. The Bertz CT molecular complexity index is 600. The maximum Gasteiger partial charge on any atom is 0.261 e. The highest BCUT2D eigenvalue weighted by molar-refractivity contribution is 8.13. The van der Waals surface area contributed by atoms with Gasteiger partial charge in [0.15, 0.2) is 0 Å².